The van der Waals surface area contributed by atoms with Gasteiger partial charge in [-0.2, -0.15) is 30.6 Å². The molecule has 0 radical (unpaired) electrons. The lowest BCUT2D eigenvalue weighted by atomic mass is 10.2. The van der Waals surface area contributed by atoms with E-state index in [0.29, 0.717) is 0 Å². The Morgan fingerprint density at radius 3 is 1.20 bits per heavy atom. The number of aromatic nitrogens is 23. The number of nitrogens with zero attached hydrogens (tertiary/aromatic N) is 16. The third-order valence-electron chi connectivity index (χ3n) is 5.50. The summed E-state index contributed by atoms with van der Waals surface area (Å²) in [4.78, 5) is 31.7. The van der Waals surface area contributed by atoms with Crippen LogP contribution in [-0.4, -0.2) is 116 Å². The van der Waals surface area contributed by atoms with Gasteiger partial charge in [0, 0.05) is 85.9 Å². The van der Waals surface area contributed by atoms with Crippen molar-refractivity contribution in [2.75, 3.05) is 0 Å². The van der Waals surface area contributed by atoms with Crippen molar-refractivity contribution >= 4 is 22.1 Å². The molecule has 12 heterocycles. The summed E-state index contributed by atoms with van der Waals surface area (Å²) in [7, 11) is 0. The third kappa shape index (κ3) is 36.9. The highest BCUT2D eigenvalue weighted by Crippen LogP contribution is 2.09. The van der Waals surface area contributed by atoms with Crippen LogP contribution in [0.5, 0.6) is 0 Å². The molecule has 0 unspecified atom stereocenters. The van der Waals surface area contributed by atoms with Crippen molar-refractivity contribution in [3.05, 3.63) is 222 Å². The molecule has 0 amide bonds. The lowest BCUT2D eigenvalue weighted by Crippen LogP contribution is -1.71. The molecule has 1 aromatic carbocycles. The quantitative estimate of drug-likeness (QED) is 0.0938. The van der Waals surface area contributed by atoms with Crippen molar-refractivity contribution in [2.24, 2.45) is 0 Å². The molecule has 0 aliphatic rings. The van der Waals surface area contributed by atoms with Crippen LogP contribution in [0.1, 0.15) is 0 Å². The monoisotopic (exact) mass is 901 g/mol. The molecule has 7 N–H and O–H groups in total. The lowest BCUT2D eigenvalue weighted by molar-refractivity contribution is 0.416. The van der Waals surface area contributed by atoms with Crippen molar-refractivity contribution in [3.63, 3.8) is 0 Å². The summed E-state index contributed by atoms with van der Waals surface area (Å²) in [5.74, 6) is 0. The maximum atomic E-state index is 4.47. The van der Waals surface area contributed by atoms with E-state index in [1.807, 2.05) is 60.2 Å². The predicted molar refractivity (Wildman–Crippen MR) is 235 cm³/mol. The molecule has 27 heteroatoms. The van der Waals surface area contributed by atoms with Crippen LogP contribution < -0.4 is 0 Å². The molecule has 0 spiro atoms. The Hall–Kier alpha value is -9.92. The van der Waals surface area contributed by atoms with Crippen LogP contribution in [0.3, 0.4) is 0 Å². The second-order valence-corrected chi connectivity index (χ2v) is 10.6. The average Bonchev–Trinajstić information content (AvgIpc) is 4.26. The van der Waals surface area contributed by atoms with Crippen molar-refractivity contribution in [2.45, 2.75) is 0 Å². The maximum Gasteiger partial charge on any atom is 0.213 e. The topological polar surface area (TPSA) is 356 Å². The Morgan fingerprint density at radius 2 is 0.985 bits per heavy atom. The minimum Gasteiger partial charge on any atom is -0.452 e. The number of H-pyrrole nitrogens is 7. The molecule has 0 aliphatic heterocycles. The van der Waals surface area contributed by atoms with Gasteiger partial charge in [0.2, 0.25) is 12.8 Å². The standard InChI is InChI=1S/C9H7N.5C3H4N2.C3H3NO.C3H3NS.2C2H3N3.2C2H2N2O/c1-2-4-9-7-10-6-5-8(9)3-1;1-2-5-3-4-1;4*1-2-4-5-3-1;2*1-2-5-3-4-1;4*1-3-2-5-4-1/h1-7H;5*1-3H,(H,4,5);2*1-3H;2*1-2H,(H,3,4,5);2*1-2H. The van der Waals surface area contributed by atoms with Crippen LogP contribution in [0.25, 0.3) is 10.8 Å². The number of thiazole rings is 1. The van der Waals surface area contributed by atoms with E-state index < -0.39 is 0 Å². The summed E-state index contributed by atoms with van der Waals surface area (Å²) in [6, 6.07) is 17.5. The van der Waals surface area contributed by atoms with Gasteiger partial charge in [0.1, 0.15) is 31.6 Å². The van der Waals surface area contributed by atoms with Crippen LogP contribution in [0, 0.1) is 0 Å². The molecule has 0 saturated heterocycles. The number of benzene rings is 1. The molecular weight excluding hydrogens is 859 g/mol. The van der Waals surface area contributed by atoms with E-state index in [4.69, 9.17) is 0 Å². The summed E-state index contributed by atoms with van der Waals surface area (Å²) in [6.07, 6.45) is 39.9. The molecule has 12 aromatic heterocycles. The van der Waals surface area contributed by atoms with Crippen LogP contribution >= 0.6 is 11.3 Å². The van der Waals surface area contributed by atoms with Gasteiger partial charge in [0.25, 0.3) is 0 Å². The number of pyridine rings is 1. The summed E-state index contributed by atoms with van der Waals surface area (Å²) in [6.45, 7) is 0. The molecule has 0 bridgehead atoms. The van der Waals surface area contributed by atoms with E-state index in [9.17, 15) is 0 Å². The lowest BCUT2D eigenvalue weighted by Gasteiger charge is -1.91. The zero-order valence-electron chi connectivity index (χ0n) is 34.1. The van der Waals surface area contributed by atoms with E-state index in [1.54, 1.807) is 97.5 Å². The highest BCUT2D eigenvalue weighted by Gasteiger charge is 1.86. The summed E-state index contributed by atoms with van der Waals surface area (Å²) >= 11 is 1.60. The van der Waals surface area contributed by atoms with Crippen molar-refractivity contribution in [1.82, 2.24) is 116 Å². The van der Waals surface area contributed by atoms with Gasteiger partial charge in [-0.25, -0.2) is 29.9 Å². The number of aromatic amines is 7. The number of hydrogen-bond donors (Lipinski definition) is 7. The Bertz CT molecular complexity index is 1730. The predicted octanol–water partition coefficient (Wildman–Crippen LogP) is 5.85. The van der Waals surface area contributed by atoms with Crippen LogP contribution in [0.2, 0.25) is 0 Å². The molecule has 0 atom stereocenters. The normalized spacial score (nSPS) is 8.31. The number of hydrogen-bond acceptors (Lipinski definition) is 20. The Morgan fingerprint density at radius 1 is 0.400 bits per heavy atom. The molecule has 0 saturated carbocycles. The first-order valence-electron chi connectivity index (χ1n) is 18.0. The van der Waals surface area contributed by atoms with Gasteiger partial charge in [-0.15, -0.1) is 11.3 Å². The van der Waals surface area contributed by atoms with Gasteiger partial charge in [0.15, 0.2) is 19.0 Å². The molecule has 0 aliphatic carbocycles. The zero-order chi connectivity index (χ0) is 45.7. The van der Waals surface area contributed by atoms with Gasteiger partial charge in [-0.05, 0) is 41.1 Å². The molecule has 65 heavy (non-hydrogen) atoms. The molecule has 13 aromatic rings. The largest absolute Gasteiger partial charge is 0.452 e. The molecule has 0 fully saturated rings. The first kappa shape index (κ1) is 51.2. The molecule has 334 valence electrons. The highest BCUT2D eigenvalue weighted by atomic mass is 32.1. The summed E-state index contributed by atoms with van der Waals surface area (Å²) in [5, 5.41) is 47.7. The zero-order valence-corrected chi connectivity index (χ0v) is 34.9. The van der Waals surface area contributed by atoms with Crippen molar-refractivity contribution < 1.29 is 13.5 Å². The average molecular weight is 902 g/mol. The van der Waals surface area contributed by atoms with Crippen LogP contribution in [-0.2, 0) is 0 Å². The minimum absolute atomic E-state index is 1.20. The minimum atomic E-state index is 1.20. The van der Waals surface area contributed by atoms with Crippen molar-refractivity contribution in [3.8, 4) is 0 Å². The van der Waals surface area contributed by atoms with Crippen LogP contribution in [0.15, 0.2) is 235 Å². The van der Waals surface area contributed by atoms with E-state index in [1.165, 1.54) is 74.2 Å². The number of oxazole rings is 1. The second-order valence-electron chi connectivity index (χ2n) is 9.87. The number of rotatable bonds is 0. The number of nitrogens with one attached hydrogen (secondary N) is 7. The summed E-state index contributed by atoms with van der Waals surface area (Å²) in [5.41, 5.74) is 1.79. The van der Waals surface area contributed by atoms with E-state index in [0.717, 1.165) is 0 Å². The Kier molecular flexibility index (Phi) is 34.4. The van der Waals surface area contributed by atoms with Gasteiger partial charge in [-0.1, -0.05) is 34.6 Å². The van der Waals surface area contributed by atoms with E-state index in [2.05, 4.69) is 142 Å². The van der Waals surface area contributed by atoms with Crippen molar-refractivity contribution in [1.29, 1.82) is 0 Å². The third-order valence-corrected chi connectivity index (χ3v) is 6.02. The Balaban J connectivity index is 0.000000246. The smallest absolute Gasteiger partial charge is 0.213 e. The molecule has 13 rings (SSSR count). The van der Waals surface area contributed by atoms with Gasteiger partial charge in [0.05, 0.1) is 18.0 Å². The molecular formula is C38H43N23O3S. The number of fused-ring (bicyclic) bond motifs is 1. The van der Waals surface area contributed by atoms with E-state index >= 15 is 0 Å². The molecule has 26 nitrogen and oxygen atoms in total. The SMILES string of the molecule is c1c[nH]cn1.c1ccc2cnccc2c1.c1cn[nH]c1.c1cn[nH]c1.c1cn[nH]c1.c1cn[nH]c1.c1cocn1.c1cscn1.c1nc[nH]n1.c1nc[nH]n1.c1ncon1.c1ncon1. The van der Waals surface area contributed by atoms with Gasteiger partial charge in [-0.3, -0.25) is 40.6 Å². The Labute approximate surface area is 373 Å². The first-order chi connectivity index (χ1) is 32.5. The van der Waals surface area contributed by atoms with E-state index in [-0.39, 0.29) is 0 Å². The first-order valence-corrected chi connectivity index (χ1v) is 19.0. The van der Waals surface area contributed by atoms with Gasteiger partial charge >= 0.3 is 0 Å². The maximum absolute atomic E-state index is 4.47. The van der Waals surface area contributed by atoms with Gasteiger partial charge < -0.3 is 18.4 Å². The fourth-order valence-electron chi connectivity index (χ4n) is 3.06. The highest BCUT2D eigenvalue weighted by molar-refractivity contribution is 7.07. The summed E-state index contributed by atoms with van der Waals surface area (Å²) < 4.78 is 12.9. The number of imidazole rings is 1. The van der Waals surface area contributed by atoms with Crippen LogP contribution in [0.4, 0.5) is 0 Å². The fourth-order valence-corrected chi connectivity index (χ4v) is 3.41. The second kappa shape index (κ2) is 43.7. The fraction of sp³-hybridized carbons (Fsp3) is 0.